The lowest BCUT2D eigenvalue weighted by Crippen LogP contribution is -2.76. The van der Waals surface area contributed by atoms with Gasteiger partial charge in [0.15, 0.2) is 0 Å². The highest BCUT2D eigenvalue weighted by Gasteiger charge is 2.59. The molecule has 18 aromatic rings. The monoisotopic (exact) mass is 1830 g/mol. The first kappa shape index (κ1) is 92.3. The molecule has 0 spiro atoms. The van der Waals surface area contributed by atoms with Crippen LogP contribution in [-0.2, 0) is 0 Å². The van der Waals surface area contributed by atoms with Gasteiger partial charge < -0.3 is 17.6 Å². The van der Waals surface area contributed by atoms with E-state index in [2.05, 4.69) is 501 Å². The molecule has 0 N–H and O–H groups in total. The van der Waals surface area contributed by atoms with Crippen LogP contribution in [0.5, 0.6) is 0 Å². The average Bonchev–Trinajstić information content (AvgIpc) is 1.55. The molecule has 22 rings (SSSR count). The molecule has 14 heteroatoms. The van der Waals surface area contributed by atoms with Gasteiger partial charge >= 0.3 is 12.6 Å². The highest BCUT2D eigenvalue weighted by Crippen LogP contribution is 2.51. The van der Waals surface area contributed by atoms with Crippen LogP contribution in [0.4, 0.5) is 0 Å². The maximum atomic E-state index is 4.93. The van der Waals surface area contributed by atoms with Crippen molar-refractivity contribution in [2.45, 2.75) is 27.7 Å². The summed E-state index contributed by atoms with van der Waals surface area (Å²) < 4.78 is 6.42. The van der Waals surface area contributed by atoms with Crippen LogP contribution in [0.25, 0.3) is 72.0 Å². The van der Waals surface area contributed by atoms with Crippen LogP contribution >= 0.6 is 34.0 Å². The van der Waals surface area contributed by atoms with E-state index in [9.17, 15) is 0 Å². The molecule has 676 valence electrons. The molecule has 0 saturated carbocycles. The molecule has 7 nitrogen and oxygen atoms in total. The second kappa shape index (κ2) is 38.8. The van der Waals surface area contributed by atoms with Crippen LogP contribution in [0.2, 0.25) is 0 Å². The summed E-state index contributed by atoms with van der Waals surface area (Å²) in [5.41, 5.74) is 37.8. The van der Waals surface area contributed by atoms with E-state index >= 15 is 0 Å². The molecule has 0 amide bonds. The number of quaternary nitrogens is 4. The summed E-state index contributed by atoms with van der Waals surface area (Å²) in [7, 11) is 19.1. The number of nitrogens with zero attached hydrogens (tertiary/aromatic N) is 7. The van der Waals surface area contributed by atoms with Crippen molar-refractivity contribution >= 4 is 140 Å². The van der Waals surface area contributed by atoms with Crippen molar-refractivity contribution in [3.05, 3.63) is 514 Å². The smallest absolute Gasteiger partial charge is 0.327 e. The van der Waals surface area contributed by atoms with E-state index in [4.69, 9.17) is 15.0 Å². The Balaban J connectivity index is 0.000000121. The predicted octanol–water partition coefficient (Wildman–Crippen LogP) is 23.1. The Morgan fingerprint density at radius 2 is 0.504 bits per heavy atom. The fraction of sp³-hybridized carbons (Fsp3) is 0.130. The number of aromatic nitrogens is 3. The molecular formula is C123H119B4N7S3. The number of likely N-dealkylation sites (N-methyl/N-ethyl adjacent to an activating group) is 4. The van der Waals surface area contributed by atoms with Gasteiger partial charge in [0.25, 0.3) is 12.6 Å². The summed E-state index contributed by atoms with van der Waals surface area (Å²) in [6, 6.07) is 153. The van der Waals surface area contributed by atoms with E-state index < -0.39 is 25.1 Å². The molecule has 10 heterocycles. The highest BCUT2D eigenvalue weighted by molar-refractivity contribution is 7.40. The number of aryl methyl sites for hydroxylation is 3. The first-order valence-corrected chi connectivity index (χ1v) is 50.8. The van der Waals surface area contributed by atoms with E-state index in [0.29, 0.717) is 0 Å². The maximum Gasteiger partial charge on any atom is 0.327 e. The molecule has 137 heavy (non-hydrogen) atoms. The molecule has 0 aliphatic carbocycles. The Hall–Kier alpha value is -13.8. The summed E-state index contributed by atoms with van der Waals surface area (Å²) in [6.07, 6.45) is 0.368. The Morgan fingerprint density at radius 3 is 0.876 bits per heavy atom. The van der Waals surface area contributed by atoms with Gasteiger partial charge in [-0.1, -0.05) is 437 Å². The van der Waals surface area contributed by atoms with Crippen LogP contribution in [0, 0.1) is 20.8 Å². The highest BCUT2D eigenvalue weighted by atomic mass is 32.1. The molecule has 6 aromatic heterocycles. The zero-order chi connectivity index (χ0) is 94.6. The number of thiophene rings is 3. The third kappa shape index (κ3) is 16.9. The van der Waals surface area contributed by atoms with E-state index in [-0.39, 0.29) is 0 Å². The normalized spacial score (nSPS) is 16.6. The van der Waals surface area contributed by atoms with Crippen molar-refractivity contribution in [3.63, 3.8) is 0 Å². The lowest BCUT2D eigenvalue weighted by Gasteiger charge is -2.54. The van der Waals surface area contributed by atoms with Crippen LogP contribution < -0.4 is 42.6 Å². The Labute approximate surface area is 824 Å². The summed E-state index contributed by atoms with van der Waals surface area (Å²) in [6.45, 7) is 12.7. The number of hydrogen-bond acceptors (Lipinski definition) is 6. The third-order valence-corrected chi connectivity index (χ3v) is 33.7. The molecule has 4 aliphatic heterocycles. The third-order valence-electron chi connectivity index (χ3n) is 30.7. The quantitative estimate of drug-likeness (QED) is 0.0804. The van der Waals surface area contributed by atoms with Crippen LogP contribution in [0.15, 0.2) is 459 Å². The Bertz CT molecular complexity index is 7100. The molecular weight excluding hydrogens is 1710 g/mol. The fourth-order valence-electron chi connectivity index (χ4n) is 24.8. The standard InChI is InChI=1S/C48H42BN.C27H27BN4.C24H24BNS3.C24H26BN/c1-36-19-21-43(22-20-36)47-35-50(2,3)49(45-31-27-41(28-32-45)38-15-9-5-10-16-38,46-33-29-42(30-34-46)39-17-11-6-12-18-39)48(47)44-25-23-40(24-26-44)37-13-7-4-8-14-37;1-21-13-15-22(16-14-21)23-20-32(2,3)28(25-11-5-8-18-30-25,26-12-6-9-19-31-26)27(23)24-10-4-7-17-29-24;1-18-10-12-19(13-11-18)20-17-26(2,3)25(22-8-5-15-28-22,23-9-6-16-29-23)24(20)21-7-4-14-27-21;1-20-19-26(2,3)25(22-15-9-5-10-16-22,23-17-11-6-12-18-23)24(20)21-13-7-4-8-14-21/h4-34H,35H2,1-3H3;4-19H,20H2,1-3H3;4-16H,17H2,1-3H3;4-18H,19H2,1-3H3. The van der Waals surface area contributed by atoms with Crippen molar-refractivity contribution in [3.8, 4) is 33.4 Å². The fourth-order valence-corrected chi connectivity index (χ4v) is 28.1. The molecule has 0 fully saturated rings. The van der Waals surface area contributed by atoms with E-state index in [0.717, 1.165) is 60.6 Å². The lowest BCUT2D eigenvalue weighted by molar-refractivity contribution is -0.777. The van der Waals surface area contributed by atoms with Crippen LogP contribution in [0.3, 0.4) is 0 Å². The van der Waals surface area contributed by atoms with Gasteiger partial charge in [-0.3, -0.25) is 15.0 Å². The lowest BCUT2D eigenvalue weighted by atomic mass is 9.21. The van der Waals surface area contributed by atoms with Gasteiger partial charge in [0.05, 0.1) is 26.2 Å². The average molecular weight is 1830 g/mol. The second-order valence-corrected chi connectivity index (χ2v) is 43.2. The van der Waals surface area contributed by atoms with Gasteiger partial charge in [-0.25, -0.2) is 0 Å². The van der Waals surface area contributed by atoms with Crippen LogP contribution in [-0.4, -0.2) is 140 Å². The van der Waals surface area contributed by atoms with Crippen molar-refractivity contribution in [1.29, 1.82) is 0 Å². The molecule has 4 aliphatic rings. The molecule has 0 bridgehead atoms. The number of hydrogen-bond donors (Lipinski definition) is 0. The van der Waals surface area contributed by atoms with Gasteiger partial charge in [0.1, 0.15) is 0 Å². The van der Waals surface area contributed by atoms with Gasteiger partial charge in [0.2, 0.25) is 0 Å². The minimum Gasteiger partial charge on any atom is -0.505 e. The molecule has 0 saturated heterocycles. The molecule has 0 radical (unpaired) electrons. The second-order valence-electron chi connectivity index (χ2n) is 40.3. The molecule has 0 unspecified atom stereocenters. The van der Waals surface area contributed by atoms with Crippen molar-refractivity contribution in [2.75, 3.05) is 82.6 Å². The number of pyridine rings is 3. The molecule has 12 aromatic carbocycles. The van der Waals surface area contributed by atoms with Gasteiger partial charge in [-0.2, -0.15) is 22.7 Å². The maximum absolute atomic E-state index is 4.93. The topological polar surface area (TPSA) is 38.7 Å². The zero-order valence-corrected chi connectivity index (χ0v) is 83.2. The minimum atomic E-state index is -1.55. The summed E-state index contributed by atoms with van der Waals surface area (Å²) in [5.74, 6) is 0. The first-order chi connectivity index (χ1) is 66.6. The summed E-state index contributed by atoms with van der Waals surface area (Å²) >= 11 is 5.70. The van der Waals surface area contributed by atoms with Gasteiger partial charge in [-0.15, -0.1) is 49.6 Å². The van der Waals surface area contributed by atoms with E-state index in [1.165, 1.54) is 153 Å². The minimum absolute atomic E-state index is 0.725. The van der Waals surface area contributed by atoms with E-state index in [1.807, 2.05) is 70.8 Å². The van der Waals surface area contributed by atoms with Crippen molar-refractivity contribution < 1.29 is 17.6 Å². The SMILES string of the molecule is CC1=C(c2ccccc2)[B-](c2ccccc2)(c2ccccc2)[N+](C)(C)C1.Cc1ccc(C2=C(c3ccc(-c4ccccc4)cc3)[B-](c3ccc(-c4ccccc4)cc3)(c3ccc(-c4ccccc4)cc3)[N+](C)(C)C2)cc1.Cc1ccc(C2=C(c3ccccn3)[B-](c3ccccn3)(c3ccccn3)[N+](C)(C)C2)cc1.Cc1ccc(C2=C(c3cccs3)[B-](c3cccs3)(c3cccs3)[N+](C)(C)C2)cc1. The van der Waals surface area contributed by atoms with Crippen molar-refractivity contribution in [1.82, 2.24) is 15.0 Å². The number of rotatable bonds is 18. The van der Waals surface area contributed by atoms with E-state index in [1.54, 1.807) is 5.47 Å². The van der Waals surface area contributed by atoms with Crippen molar-refractivity contribution in [2.24, 2.45) is 0 Å². The summed E-state index contributed by atoms with van der Waals surface area (Å²) in [4.78, 5) is 16.1. The number of benzene rings is 12. The predicted molar refractivity (Wildman–Crippen MR) is 595 cm³/mol. The van der Waals surface area contributed by atoms with Gasteiger partial charge in [-0.05, 0) is 157 Å². The largest absolute Gasteiger partial charge is 0.505 e. The van der Waals surface area contributed by atoms with Gasteiger partial charge in [0, 0.05) is 80.7 Å². The zero-order valence-electron chi connectivity index (χ0n) is 80.8. The summed E-state index contributed by atoms with van der Waals surface area (Å²) in [5, 5.41) is 6.70. The van der Waals surface area contributed by atoms with Crippen LogP contribution in [0.1, 0.15) is 62.0 Å². The Kier molecular flexibility index (Phi) is 26.1. The Morgan fingerprint density at radius 1 is 0.212 bits per heavy atom. The first-order valence-electron chi connectivity index (χ1n) is 48.1. The molecule has 0 atom stereocenters.